The summed E-state index contributed by atoms with van der Waals surface area (Å²) in [5.41, 5.74) is 0.645. The molecule has 1 saturated heterocycles. The van der Waals surface area contributed by atoms with Crippen LogP contribution in [-0.4, -0.2) is 42.1 Å². The lowest BCUT2D eigenvalue weighted by Crippen LogP contribution is -2.54. The van der Waals surface area contributed by atoms with E-state index in [0.29, 0.717) is 21.6 Å². The highest BCUT2D eigenvalue weighted by molar-refractivity contribution is 7.80. The van der Waals surface area contributed by atoms with Gasteiger partial charge >= 0.3 is 0 Å². The fraction of sp³-hybridized carbons (Fsp3) is 0.167. The number of rotatable bonds is 5. The number of furan rings is 1. The quantitative estimate of drug-likeness (QED) is 0.451. The third-order valence-corrected chi connectivity index (χ3v) is 4.88. The number of methoxy groups -OCH3 is 1. The van der Waals surface area contributed by atoms with E-state index in [1.165, 1.54) is 18.1 Å². The van der Waals surface area contributed by atoms with Crippen LogP contribution in [0.4, 0.5) is 0 Å². The van der Waals surface area contributed by atoms with Gasteiger partial charge in [-0.25, -0.2) is 0 Å². The van der Waals surface area contributed by atoms with E-state index >= 15 is 0 Å². The summed E-state index contributed by atoms with van der Waals surface area (Å²) < 4.78 is 10.7. The smallest absolute Gasteiger partial charge is 0.265 e. The van der Waals surface area contributed by atoms with Crippen LogP contribution in [-0.2, 0) is 14.3 Å². The van der Waals surface area contributed by atoms with Gasteiger partial charge in [-0.15, -0.1) is 0 Å². The molecule has 1 N–H and O–H groups in total. The second-order valence-electron chi connectivity index (χ2n) is 5.60. The van der Waals surface area contributed by atoms with Crippen molar-refractivity contribution in [2.24, 2.45) is 0 Å². The zero-order valence-corrected chi connectivity index (χ0v) is 16.5. The molecule has 1 aliphatic rings. The monoisotopic (exact) mass is 424 g/mol. The van der Waals surface area contributed by atoms with E-state index in [1.807, 2.05) is 0 Å². The Kier molecular flexibility index (Phi) is 5.96. The van der Waals surface area contributed by atoms with Gasteiger partial charge in [0.25, 0.3) is 11.8 Å². The van der Waals surface area contributed by atoms with Gasteiger partial charge in [0.2, 0.25) is 0 Å². The van der Waals surface area contributed by atoms with Gasteiger partial charge in [0, 0.05) is 12.7 Å². The van der Waals surface area contributed by atoms with Gasteiger partial charge in [-0.1, -0.05) is 23.2 Å². The number of benzene rings is 1. The molecule has 0 spiro atoms. The molecule has 0 atom stereocenters. The molecular formula is C18H14Cl2N2O4S. The van der Waals surface area contributed by atoms with Crippen LogP contribution in [0.25, 0.3) is 17.4 Å². The van der Waals surface area contributed by atoms with Crippen molar-refractivity contribution in [1.29, 1.82) is 0 Å². The molecule has 2 heterocycles. The average Bonchev–Trinajstić information content (AvgIpc) is 3.09. The van der Waals surface area contributed by atoms with Gasteiger partial charge in [0.05, 0.1) is 23.2 Å². The van der Waals surface area contributed by atoms with Gasteiger partial charge in [0.15, 0.2) is 5.11 Å². The number of ether oxygens (including phenoxy) is 1. The number of nitrogens with one attached hydrogen (secondary N) is 1. The molecule has 0 unspecified atom stereocenters. The molecule has 1 aliphatic heterocycles. The molecule has 0 radical (unpaired) electrons. The molecule has 0 aliphatic carbocycles. The second kappa shape index (κ2) is 8.22. The first-order chi connectivity index (χ1) is 12.9. The van der Waals surface area contributed by atoms with Crippen molar-refractivity contribution in [3.8, 4) is 11.3 Å². The molecule has 27 heavy (non-hydrogen) atoms. The van der Waals surface area contributed by atoms with Crippen LogP contribution in [0, 0.1) is 0 Å². The first kappa shape index (κ1) is 19.6. The van der Waals surface area contributed by atoms with Gasteiger partial charge in [-0.3, -0.25) is 19.8 Å². The lowest BCUT2D eigenvalue weighted by Gasteiger charge is -2.28. The Hall–Kier alpha value is -2.19. The Balaban J connectivity index is 1.88. The number of hydrogen-bond donors (Lipinski definition) is 1. The third-order valence-electron chi connectivity index (χ3n) is 3.82. The topological polar surface area (TPSA) is 71.8 Å². The fourth-order valence-corrected chi connectivity index (χ4v) is 3.02. The molecule has 2 aromatic rings. The Morgan fingerprint density at radius 3 is 2.70 bits per heavy atom. The summed E-state index contributed by atoms with van der Waals surface area (Å²) >= 11 is 17.0. The summed E-state index contributed by atoms with van der Waals surface area (Å²) in [6, 6.07) is 8.45. The van der Waals surface area contributed by atoms with E-state index in [9.17, 15) is 9.59 Å². The molecule has 1 aromatic carbocycles. The number of nitrogens with zero attached hydrogens (tertiary/aromatic N) is 1. The molecule has 0 bridgehead atoms. The van der Waals surface area contributed by atoms with Crippen molar-refractivity contribution in [3.63, 3.8) is 0 Å². The molecule has 0 saturated carbocycles. The molecule has 2 amide bonds. The molecule has 1 fully saturated rings. The Morgan fingerprint density at radius 1 is 1.22 bits per heavy atom. The summed E-state index contributed by atoms with van der Waals surface area (Å²) in [6.45, 7) is 0.524. The lowest BCUT2D eigenvalue weighted by atomic mass is 10.1. The normalized spacial score (nSPS) is 16.2. The number of amides is 2. The van der Waals surface area contributed by atoms with Crippen LogP contribution < -0.4 is 5.32 Å². The molecule has 3 rings (SSSR count). The molecule has 6 nitrogen and oxygen atoms in total. The van der Waals surface area contributed by atoms with Crippen LogP contribution >= 0.6 is 35.4 Å². The number of carbonyl (C=O) groups excluding carboxylic acids is 2. The molecule has 9 heteroatoms. The van der Waals surface area contributed by atoms with E-state index in [-0.39, 0.29) is 23.8 Å². The first-order valence-electron chi connectivity index (χ1n) is 7.84. The maximum atomic E-state index is 12.6. The van der Waals surface area contributed by atoms with Crippen molar-refractivity contribution in [1.82, 2.24) is 10.2 Å². The SMILES string of the molecule is COCCN1C(=O)/C(=C/c2ccc(-c3ccc(Cl)c(Cl)c3)o2)C(=O)NC1=S. The predicted octanol–water partition coefficient (Wildman–Crippen LogP) is 3.53. The zero-order valence-electron chi connectivity index (χ0n) is 14.1. The van der Waals surface area contributed by atoms with Gasteiger partial charge in [-0.05, 0) is 48.6 Å². The van der Waals surface area contributed by atoms with Gasteiger partial charge in [0.1, 0.15) is 17.1 Å². The van der Waals surface area contributed by atoms with Crippen LogP contribution in [0.15, 0.2) is 40.3 Å². The van der Waals surface area contributed by atoms with Crippen molar-refractivity contribution < 1.29 is 18.7 Å². The summed E-state index contributed by atoms with van der Waals surface area (Å²) in [5.74, 6) is -0.218. The highest BCUT2D eigenvalue weighted by Gasteiger charge is 2.33. The van der Waals surface area contributed by atoms with Gasteiger partial charge < -0.3 is 9.15 Å². The van der Waals surface area contributed by atoms with Crippen molar-refractivity contribution in [3.05, 3.63) is 51.7 Å². The minimum atomic E-state index is -0.578. The van der Waals surface area contributed by atoms with Crippen LogP contribution in [0.5, 0.6) is 0 Å². The summed E-state index contributed by atoms with van der Waals surface area (Å²) in [7, 11) is 1.51. The van der Waals surface area contributed by atoms with E-state index in [4.69, 9.17) is 44.6 Å². The van der Waals surface area contributed by atoms with Crippen molar-refractivity contribution in [2.75, 3.05) is 20.3 Å². The number of thiocarbonyl (C=S) groups is 1. The number of halogens is 2. The van der Waals surface area contributed by atoms with Crippen molar-refractivity contribution in [2.45, 2.75) is 0 Å². The molecule has 1 aromatic heterocycles. The van der Waals surface area contributed by atoms with E-state index in [2.05, 4.69) is 5.32 Å². The molecular weight excluding hydrogens is 411 g/mol. The maximum Gasteiger partial charge on any atom is 0.265 e. The second-order valence-corrected chi connectivity index (χ2v) is 6.80. The molecule has 140 valence electrons. The van der Waals surface area contributed by atoms with Crippen molar-refractivity contribution >= 4 is 58.4 Å². The van der Waals surface area contributed by atoms with Crippen LogP contribution in [0.3, 0.4) is 0 Å². The minimum absolute atomic E-state index is 0.0511. The summed E-state index contributed by atoms with van der Waals surface area (Å²) in [4.78, 5) is 26.0. The minimum Gasteiger partial charge on any atom is -0.457 e. The maximum absolute atomic E-state index is 12.6. The van der Waals surface area contributed by atoms with Crippen LogP contribution in [0.1, 0.15) is 5.76 Å². The highest BCUT2D eigenvalue weighted by Crippen LogP contribution is 2.30. The Morgan fingerprint density at radius 2 is 2.00 bits per heavy atom. The third kappa shape index (κ3) is 4.22. The number of hydrogen-bond acceptors (Lipinski definition) is 5. The lowest BCUT2D eigenvalue weighted by molar-refractivity contribution is -0.129. The fourth-order valence-electron chi connectivity index (χ4n) is 2.46. The summed E-state index contributed by atoms with van der Waals surface area (Å²) in [6.07, 6.45) is 1.38. The Labute approximate surface area is 170 Å². The van der Waals surface area contributed by atoms with E-state index in [0.717, 1.165) is 5.56 Å². The number of carbonyl (C=O) groups is 2. The first-order valence-corrected chi connectivity index (χ1v) is 9.00. The average molecular weight is 425 g/mol. The van der Waals surface area contributed by atoms with E-state index < -0.39 is 11.8 Å². The van der Waals surface area contributed by atoms with Gasteiger partial charge in [-0.2, -0.15) is 0 Å². The largest absolute Gasteiger partial charge is 0.457 e. The summed E-state index contributed by atoms with van der Waals surface area (Å²) in [5, 5.41) is 3.38. The predicted molar refractivity (Wildman–Crippen MR) is 106 cm³/mol. The highest BCUT2D eigenvalue weighted by atomic mass is 35.5. The Bertz CT molecular complexity index is 955. The standard InChI is InChI=1S/C18H14Cl2N2O4S/c1-25-7-6-22-17(24)12(16(23)21-18(22)27)9-11-3-5-15(26-11)10-2-4-13(19)14(20)8-10/h2-5,8-9H,6-7H2,1H3,(H,21,23,27)/b12-9+. The van der Waals surface area contributed by atoms with E-state index in [1.54, 1.807) is 30.3 Å². The zero-order chi connectivity index (χ0) is 19.6. The van der Waals surface area contributed by atoms with Crippen LogP contribution in [0.2, 0.25) is 10.0 Å².